The summed E-state index contributed by atoms with van der Waals surface area (Å²) in [7, 11) is -3.04. The molecular weight excluding hydrogens is 821 g/mol. The van der Waals surface area contributed by atoms with E-state index < -0.39 is 13.5 Å². The van der Waals surface area contributed by atoms with Crippen LogP contribution in [-0.2, 0) is 5.41 Å². The van der Waals surface area contributed by atoms with E-state index in [2.05, 4.69) is 252 Å². The second-order valence-corrected chi connectivity index (χ2v) is 22.4. The Morgan fingerprint density at radius 1 is 0.338 bits per heavy atom. The van der Waals surface area contributed by atoms with Crippen LogP contribution in [0, 0.1) is 0 Å². The highest BCUT2D eigenvalue weighted by Gasteiger charge is 2.52. The highest BCUT2D eigenvalue weighted by atomic mass is 32.1. The quantitative estimate of drug-likeness (QED) is 0.124. The van der Waals surface area contributed by atoms with Gasteiger partial charge in [-0.15, -0.1) is 11.3 Å². The van der Waals surface area contributed by atoms with Gasteiger partial charge in [-0.3, -0.25) is 0 Å². The van der Waals surface area contributed by atoms with Gasteiger partial charge < -0.3 is 9.47 Å². The molecule has 0 N–H and O–H groups in total. The Hall–Kier alpha value is -7.76. The van der Waals surface area contributed by atoms with Crippen molar-refractivity contribution in [1.82, 2.24) is 4.57 Å². The molecule has 10 aromatic carbocycles. The topological polar surface area (TPSA) is 8.17 Å². The van der Waals surface area contributed by atoms with E-state index in [1.54, 1.807) is 0 Å². The second kappa shape index (κ2) is 13.9. The second-order valence-electron chi connectivity index (χ2n) is 17.5. The lowest BCUT2D eigenvalue weighted by molar-refractivity contribution is 0.716. The van der Waals surface area contributed by atoms with Gasteiger partial charge in [-0.05, 0) is 91.5 Å². The van der Waals surface area contributed by atoms with E-state index in [4.69, 9.17) is 0 Å². The Morgan fingerprint density at radius 3 is 1.58 bits per heavy atom. The predicted molar refractivity (Wildman–Crippen MR) is 277 cm³/mol. The predicted octanol–water partition coefficient (Wildman–Crippen LogP) is 13.0. The molecule has 1 spiro atoms. The lowest BCUT2D eigenvalue weighted by atomic mass is 9.60. The molecule has 0 atom stereocenters. The third-order valence-electron chi connectivity index (χ3n) is 14.5. The molecule has 14 rings (SSSR count). The van der Waals surface area contributed by atoms with E-state index in [1.165, 1.54) is 102 Å². The molecule has 4 heterocycles. The van der Waals surface area contributed by atoms with Crippen molar-refractivity contribution >= 4 is 99.2 Å². The largest absolute Gasteiger partial charge is 0.310 e. The highest BCUT2D eigenvalue weighted by molar-refractivity contribution is 7.26. The van der Waals surface area contributed by atoms with Crippen LogP contribution in [0.25, 0.3) is 47.7 Å². The van der Waals surface area contributed by atoms with Crippen molar-refractivity contribution in [2.75, 3.05) is 4.90 Å². The number of thiophene rings is 1. The van der Waals surface area contributed by atoms with Crippen molar-refractivity contribution in [2.45, 2.75) is 5.41 Å². The van der Waals surface area contributed by atoms with E-state index in [0.717, 1.165) is 5.69 Å². The zero-order valence-corrected chi connectivity index (χ0v) is 37.2. The molecule has 2 aromatic heterocycles. The number of aromatic nitrogens is 1. The Kier molecular flexibility index (Phi) is 7.83. The van der Waals surface area contributed by atoms with Crippen molar-refractivity contribution in [1.29, 1.82) is 0 Å². The fraction of sp³-hybridized carbons (Fsp3) is 0.0164. The molecule has 4 heteroatoms. The first-order valence-electron chi connectivity index (χ1n) is 22.5. The van der Waals surface area contributed by atoms with Crippen LogP contribution in [0.1, 0.15) is 22.3 Å². The van der Waals surface area contributed by atoms with Crippen LogP contribution in [0.2, 0.25) is 0 Å². The molecule has 0 bridgehead atoms. The molecule has 304 valence electrons. The van der Waals surface area contributed by atoms with E-state index in [-0.39, 0.29) is 0 Å². The van der Waals surface area contributed by atoms with Gasteiger partial charge >= 0.3 is 0 Å². The smallest absolute Gasteiger partial charge is 0.179 e. The van der Waals surface area contributed by atoms with Gasteiger partial charge in [0.25, 0.3) is 0 Å². The molecule has 65 heavy (non-hydrogen) atoms. The molecular formula is C61H40N2SSi. The van der Waals surface area contributed by atoms with Crippen LogP contribution in [0.5, 0.6) is 0 Å². The molecule has 0 saturated heterocycles. The third-order valence-corrected chi connectivity index (χ3v) is 20.4. The summed E-state index contributed by atoms with van der Waals surface area (Å²) in [5.41, 5.74) is 11.8. The molecule has 12 aromatic rings. The average molecular weight is 861 g/mol. The van der Waals surface area contributed by atoms with Crippen molar-refractivity contribution < 1.29 is 0 Å². The minimum Gasteiger partial charge on any atom is -0.310 e. The fourth-order valence-corrected chi connectivity index (χ4v) is 17.9. The van der Waals surface area contributed by atoms with Crippen LogP contribution in [-0.4, -0.2) is 12.6 Å². The van der Waals surface area contributed by atoms with Crippen LogP contribution >= 0.6 is 11.3 Å². The summed E-state index contributed by atoms with van der Waals surface area (Å²) in [6.07, 6.45) is 0. The number of fused-ring (bicyclic) bond motifs is 14. The van der Waals surface area contributed by atoms with E-state index in [1.807, 2.05) is 11.3 Å². The summed E-state index contributed by atoms with van der Waals surface area (Å²) in [5, 5.41) is 10.7. The number of hydrogen-bond donors (Lipinski definition) is 0. The van der Waals surface area contributed by atoms with Gasteiger partial charge in [-0.2, -0.15) is 0 Å². The number of benzene rings is 10. The van der Waals surface area contributed by atoms with E-state index in [9.17, 15) is 0 Å². The normalized spacial score (nSPS) is 13.6. The van der Waals surface area contributed by atoms with Gasteiger partial charge in [-0.25, -0.2) is 0 Å². The molecule has 2 nitrogen and oxygen atoms in total. The Morgan fingerprint density at radius 2 is 0.862 bits per heavy atom. The molecule has 0 aliphatic carbocycles. The minimum atomic E-state index is -3.04. The first kappa shape index (κ1) is 36.7. The molecule has 2 aliphatic heterocycles. The number of para-hydroxylation sites is 5. The molecule has 2 aliphatic rings. The maximum atomic E-state index is 2.62. The minimum absolute atomic E-state index is 0.631. The first-order chi connectivity index (χ1) is 32.3. The summed E-state index contributed by atoms with van der Waals surface area (Å²) in [5.74, 6) is 0. The maximum absolute atomic E-state index is 3.04. The molecule has 0 amide bonds. The number of hydrogen-bond acceptors (Lipinski definition) is 2. The van der Waals surface area contributed by atoms with Crippen LogP contribution < -0.4 is 25.6 Å². The van der Waals surface area contributed by atoms with E-state index >= 15 is 0 Å². The SMILES string of the molecule is c1ccc(N2c3ccccc3C3(c4ccccc42)c2ccc([Si](c4ccccc4)(c4ccccc4)c4ccc5sc6ccccc6c5c4)cc2-n2c4ccccc4c4cccc3c42)cc1. The zero-order chi connectivity index (χ0) is 42.7. The lowest BCUT2D eigenvalue weighted by Gasteiger charge is -2.49. The first-order valence-corrected chi connectivity index (χ1v) is 25.3. The number of anilines is 3. The average Bonchev–Trinajstić information content (AvgIpc) is 3.93. The van der Waals surface area contributed by atoms with Gasteiger partial charge in [-0.1, -0.05) is 194 Å². The van der Waals surface area contributed by atoms with Crippen molar-refractivity contribution in [2.24, 2.45) is 0 Å². The lowest BCUT2D eigenvalue weighted by Crippen LogP contribution is -2.74. The summed E-state index contributed by atoms with van der Waals surface area (Å²) in [4.78, 5) is 2.47. The fourth-order valence-electron chi connectivity index (χ4n) is 12.0. The summed E-state index contributed by atoms with van der Waals surface area (Å²) in [6, 6.07) is 92.0. The van der Waals surface area contributed by atoms with Crippen molar-refractivity contribution in [3.63, 3.8) is 0 Å². The Balaban J connectivity index is 1.15. The third kappa shape index (κ3) is 4.87. The van der Waals surface area contributed by atoms with Crippen LogP contribution in [0.15, 0.2) is 243 Å². The van der Waals surface area contributed by atoms with Crippen molar-refractivity contribution in [3.05, 3.63) is 265 Å². The maximum Gasteiger partial charge on any atom is 0.179 e. The molecule has 0 unspecified atom stereocenters. The summed E-state index contributed by atoms with van der Waals surface area (Å²) >= 11 is 1.89. The Bertz CT molecular complexity index is 3760. The monoisotopic (exact) mass is 860 g/mol. The highest BCUT2D eigenvalue weighted by Crippen LogP contribution is 2.61. The standard InChI is InChI=1S/C61H40N2SSi/c1-4-19-41(20-5-1)62-55-32-15-12-28-50(55)61(51-29-13-16-33-56(51)62)52-37-35-45(40-57(52)63-54-31-14-10-25-46(54)48-27-18-30-53(61)60(48)63)65(42-21-6-2-7-22-42,43-23-8-3-9-24-43)44-36-38-59-49(39-44)47-26-11-17-34-58(47)64-59/h1-40H. The number of nitrogens with zero attached hydrogens (tertiary/aromatic N) is 2. The summed E-state index contributed by atoms with van der Waals surface area (Å²) < 4.78 is 5.26. The Labute approximate surface area is 382 Å². The van der Waals surface area contributed by atoms with Gasteiger partial charge in [0.15, 0.2) is 8.07 Å². The van der Waals surface area contributed by atoms with Gasteiger partial charge in [0, 0.05) is 36.6 Å². The molecule has 0 fully saturated rings. The van der Waals surface area contributed by atoms with Crippen LogP contribution in [0.3, 0.4) is 0 Å². The summed E-state index contributed by atoms with van der Waals surface area (Å²) in [6.45, 7) is 0. The van der Waals surface area contributed by atoms with E-state index in [0.29, 0.717) is 0 Å². The number of rotatable bonds is 5. The van der Waals surface area contributed by atoms with Gasteiger partial charge in [0.1, 0.15) is 0 Å². The van der Waals surface area contributed by atoms with Gasteiger partial charge in [0.2, 0.25) is 0 Å². The molecule has 0 radical (unpaired) electrons. The van der Waals surface area contributed by atoms with Crippen molar-refractivity contribution in [3.8, 4) is 5.69 Å². The van der Waals surface area contributed by atoms with Gasteiger partial charge in [0.05, 0.1) is 33.5 Å². The molecule has 0 saturated carbocycles. The van der Waals surface area contributed by atoms with Crippen LogP contribution in [0.4, 0.5) is 17.1 Å². The zero-order valence-electron chi connectivity index (χ0n) is 35.4.